The summed E-state index contributed by atoms with van der Waals surface area (Å²) in [5.74, 6) is 1.14. The Balaban J connectivity index is 2.14. The highest BCUT2D eigenvalue weighted by Crippen LogP contribution is 2.33. The SMILES string of the molecule is COc1ccc(-c2cc(C(=O)NC(C)C)n(-c3ccc(C)cc3)n2)c(OC)c1. The second kappa shape index (κ2) is 8.17. The molecule has 0 saturated heterocycles. The summed E-state index contributed by atoms with van der Waals surface area (Å²) in [6.45, 7) is 5.88. The van der Waals surface area contributed by atoms with E-state index in [-0.39, 0.29) is 11.9 Å². The molecule has 28 heavy (non-hydrogen) atoms. The van der Waals surface area contributed by atoms with E-state index in [1.807, 2.05) is 57.2 Å². The molecule has 3 rings (SSSR count). The number of carbonyl (C=O) groups excluding carboxylic acids is 1. The quantitative estimate of drug-likeness (QED) is 0.703. The van der Waals surface area contributed by atoms with Crippen LogP contribution in [0.5, 0.6) is 11.5 Å². The fourth-order valence-electron chi connectivity index (χ4n) is 2.90. The number of nitrogens with one attached hydrogen (secondary N) is 1. The van der Waals surface area contributed by atoms with Gasteiger partial charge in [-0.3, -0.25) is 4.79 Å². The van der Waals surface area contributed by atoms with Crippen LogP contribution in [0.4, 0.5) is 0 Å². The van der Waals surface area contributed by atoms with Gasteiger partial charge >= 0.3 is 0 Å². The fraction of sp³-hybridized carbons (Fsp3) is 0.273. The summed E-state index contributed by atoms with van der Waals surface area (Å²) < 4.78 is 12.4. The van der Waals surface area contributed by atoms with Crippen molar-refractivity contribution in [2.45, 2.75) is 26.8 Å². The van der Waals surface area contributed by atoms with Gasteiger partial charge in [0.2, 0.25) is 0 Å². The lowest BCUT2D eigenvalue weighted by Crippen LogP contribution is -2.31. The number of amides is 1. The molecule has 1 heterocycles. The average Bonchev–Trinajstić information content (AvgIpc) is 3.12. The Morgan fingerprint density at radius 3 is 2.36 bits per heavy atom. The van der Waals surface area contributed by atoms with Gasteiger partial charge in [-0.25, -0.2) is 4.68 Å². The van der Waals surface area contributed by atoms with E-state index in [1.165, 1.54) is 0 Å². The molecule has 0 fully saturated rings. The van der Waals surface area contributed by atoms with Gasteiger partial charge in [0.1, 0.15) is 17.2 Å². The predicted molar refractivity (Wildman–Crippen MR) is 109 cm³/mol. The van der Waals surface area contributed by atoms with Gasteiger partial charge in [0.05, 0.1) is 25.6 Å². The van der Waals surface area contributed by atoms with Crippen LogP contribution in [-0.2, 0) is 0 Å². The summed E-state index contributed by atoms with van der Waals surface area (Å²) in [6, 6.07) is 15.2. The van der Waals surface area contributed by atoms with Gasteiger partial charge in [0.15, 0.2) is 0 Å². The van der Waals surface area contributed by atoms with Crippen molar-refractivity contribution < 1.29 is 14.3 Å². The van der Waals surface area contributed by atoms with E-state index in [1.54, 1.807) is 31.0 Å². The van der Waals surface area contributed by atoms with Crippen molar-refractivity contribution in [1.29, 1.82) is 0 Å². The number of aromatic nitrogens is 2. The Morgan fingerprint density at radius 1 is 1.04 bits per heavy atom. The molecular formula is C22H25N3O3. The zero-order chi connectivity index (χ0) is 20.3. The number of ether oxygens (including phenoxy) is 2. The standard InChI is InChI=1S/C22H25N3O3/c1-14(2)23-22(26)20-13-19(18-11-10-17(27-4)12-21(18)28-5)24-25(20)16-8-6-15(3)7-9-16/h6-14H,1-5H3,(H,23,26). The van der Waals surface area contributed by atoms with E-state index in [0.717, 1.165) is 16.8 Å². The lowest BCUT2D eigenvalue weighted by Gasteiger charge is -2.10. The van der Waals surface area contributed by atoms with Crippen LogP contribution in [0, 0.1) is 6.92 Å². The van der Waals surface area contributed by atoms with Crippen LogP contribution in [0.3, 0.4) is 0 Å². The number of aryl methyl sites for hydroxylation is 1. The van der Waals surface area contributed by atoms with Crippen LogP contribution in [0.2, 0.25) is 0 Å². The monoisotopic (exact) mass is 379 g/mol. The Hall–Kier alpha value is -3.28. The normalized spacial score (nSPS) is 10.8. The Labute approximate surface area is 165 Å². The second-order valence-electron chi connectivity index (χ2n) is 6.86. The first-order valence-corrected chi connectivity index (χ1v) is 9.13. The van der Waals surface area contributed by atoms with Gasteiger partial charge < -0.3 is 14.8 Å². The molecule has 0 bridgehead atoms. The molecule has 6 nitrogen and oxygen atoms in total. The molecule has 0 aliphatic carbocycles. The van der Waals surface area contributed by atoms with Crippen molar-refractivity contribution >= 4 is 5.91 Å². The zero-order valence-corrected chi connectivity index (χ0v) is 16.8. The maximum absolute atomic E-state index is 12.8. The van der Waals surface area contributed by atoms with Crippen molar-refractivity contribution in [3.8, 4) is 28.4 Å². The number of rotatable bonds is 6. The average molecular weight is 379 g/mol. The molecule has 0 atom stereocenters. The molecule has 0 spiro atoms. The van der Waals surface area contributed by atoms with Crippen LogP contribution in [0.25, 0.3) is 16.9 Å². The van der Waals surface area contributed by atoms with E-state index in [0.29, 0.717) is 22.9 Å². The van der Waals surface area contributed by atoms with Gasteiger partial charge in [0.25, 0.3) is 5.91 Å². The van der Waals surface area contributed by atoms with Gasteiger partial charge in [-0.15, -0.1) is 0 Å². The van der Waals surface area contributed by atoms with Gasteiger partial charge in [0, 0.05) is 17.7 Å². The molecule has 1 amide bonds. The molecule has 0 saturated carbocycles. The van der Waals surface area contributed by atoms with Crippen molar-refractivity contribution in [2.75, 3.05) is 14.2 Å². The lowest BCUT2D eigenvalue weighted by atomic mass is 10.1. The fourth-order valence-corrected chi connectivity index (χ4v) is 2.90. The summed E-state index contributed by atoms with van der Waals surface area (Å²) in [6.07, 6.45) is 0. The first kappa shape index (κ1) is 19.5. The van der Waals surface area contributed by atoms with Gasteiger partial charge in [-0.1, -0.05) is 17.7 Å². The van der Waals surface area contributed by atoms with Gasteiger partial charge in [-0.05, 0) is 51.1 Å². The van der Waals surface area contributed by atoms with E-state index in [2.05, 4.69) is 5.32 Å². The van der Waals surface area contributed by atoms with Gasteiger partial charge in [-0.2, -0.15) is 5.10 Å². The molecule has 3 aromatic rings. The van der Waals surface area contributed by atoms with E-state index in [4.69, 9.17) is 14.6 Å². The van der Waals surface area contributed by atoms with E-state index < -0.39 is 0 Å². The summed E-state index contributed by atoms with van der Waals surface area (Å²) in [5, 5.41) is 7.65. The minimum absolute atomic E-state index is 0.0211. The molecule has 146 valence electrons. The Morgan fingerprint density at radius 2 is 1.75 bits per heavy atom. The Bertz CT molecular complexity index is 975. The molecule has 0 unspecified atom stereocenters. The number of methoxy groups -OCH3 is 2. The molecular weight excluding hydrogens is 354 g/mol. The second-order valence-corrected chi connectivity index (χ2v) is 6.86. The van der Waals surface area contributed by atoms with Crippen LogP contribution in [0.15, 0.2) is 48.5 Å². The maximum Gasteiger partial charge on any atom is 0.270 e. The third-order valence-corrected chi connectivity index (χ3v) is 4.32. The molecule has 0 radical (unpaired) electrons. The third-order valence-electron chi connectivity index (χ3n) is 4.32. The van der Waals surface area contributed by atoms with Crippen molar-refractivity contribution in [3.05, 3.63) is 59.8 Å². The smallest absolute Gasteiger partial charge is 0.270 e. The molecule has 6 heteroatoms. The number of hydrogen-bond acceptors (Lipinski definition) is 4. The topological polar surface area (TPSA) is 65.4 Å². The van der Waals surface area contributed by atoms with Crippen molar-refractivity contribution in [3.63, 3.8) is 0 Å². The first-order valence-electron chi connectivity index (χ1n) is 9.13. The van der Waals surface area contributed by atoms with Crippen LogP contribution >= 0.6 is 0 Å². The Kier molecular flexibility index (Phi) is 5.68. The molecule has 0 aliphatic rings. The van der Waals surface area contributed by atoms with Crippen LogP contribution in [-0.4, -0.2) is 35.9 Å². The molecule has 1 aromatic heterocycles. The van der Waals surface area contributed by atoms with Crippen molar-refractivity contribution in [2.24, 2.45) is 0 Å². The number of hydrogen-bond donors (Lipinski definition) is 1. The largest absolute Gasteiger partial charge is 0.497 e. The summed E-state index contributed by atoms with van der Waals surface area (Å²) in [5.41, 5.74) is 3.85. The van der Waals surface area contributed by atoms with Crippen LogP contribution < -0.4 is 14.8 Å². The highest BCUT2D eigenvalue weighted by molar-refractivity contribution is 5.94. The summed E-state index contributed by atoms with van der Waals surface area (Å²) in [7, 11) is 3.20. The van der Waals surface area contributed by atoms with Crippen molar-refractivity contribution in [1.82, 2.24) is 15.1 Å². The zero-order valence-electron chi connectivity index (χ0n) is 16.8. The highest BCUT2D eigenvalue weighted by Gasteiger charge is 2.20. The maximum atomic E-state index is 12.8. The number of benzene rings is 2. The first-order chi connectivity index (χ1) is 13.4. The highest BCUT2D eigenvalue weighted by atomic mass is 16.5. The molecule has 1 N–H and O–H groups in total. The van der Waals surface area contributed by atoms with E-state index >= 15 is 0 Å². The van der Waals surface area contributed by atoms with E-state index in [9.17, 15) is 4.79 Å². The molecule has 0 aliphatic heterocycles. The van der Waals surface area contributed by atoms with Crippen LogP contribution in [0.1, 0.15) is 29.9 Å². The molecule has 2 aromatic carbocycles. The lowest BCUT2D eigenvalue weighted by molar-refractivity contribution is 0.0935. The summed E-state index contributed by atoms with van der Waals surface area (Å²) >= 11 is 0. The predicted octanol–water partition coefficient (Wildman–Crippen LogP) is 4.00. The number of carbonyl (C=O) groups is 1. The third kappa shape index (κ3) is 4.01. The summed E-state index contributed by atoms with van der Waals surface area (Å²) in [4.78, 5) is 12.8. The number of nitrogens with zero attached hydrogens (tertiary/aromatic N) is 2. The minimum atomic E-state index is -0.179. The minimum Gasteiger partial charge on any atom is -0.497 e.